The van der Waals surface area contributed by atoms with Crippen molar-refractivity contribution in [2.24, 2.45) is 5.41 Å². The molecule has 1 aliphatic carbocycles. The fourth-order valence-corrected chi connectivity index (χ4v) is 4.88. The van der Waals surface area contributed by atoms with Gasteiger partial charge in [-0.15, -0.1) is 0 Å². The van der Waals surface area contributed by atoms with Crippen molar-refractivity contribution in [3.8, 4) is 0 Å². The Morgan fingerprint density at radius 2 is 2.07 bits per heavy atom. The van der Waals surface area contributed by atoms with Gasteiger partial charge in [0.2, 0.25) is 0 Å². The maximum Gasteiger partial charge on any atom is 0.315 e. The van der Waals surface area contributed by atoms with E-state index in [-0.39, 0.29) is 29.6 Å². The molecule has 152 valence electrons. The number of furan rings is 1. The molecule has 1 spiro atoms. The number of nitrogens with one attached hydrogen (secondary N) is 2. The smallest absolute Gasteiger partial charge is 0.315 e. The fraction of sp³-hybridized carbons (Fsp3) is 0.591. The van der Waals surface area contributed by atoms with Gasteiger partial charge in [-0.3, -0.25) is 0 Å². The second kappa shape index (κ2) is 7.76. The fourth-order valence-electron chi connectivity index (χ4n) is 4.88. The summed E-state index contributed by atoms with van der Waals surface area (Å²) in [6.45, 7) is 8.19. The van der Waals surface area contributed by atoms with Gasteiger partial charge in [0.05, 0.1) is 12.1 Å². The van der Waals surface area contributed by atoms with E-state index in [2.05, 4.69) is 10.6 Å². The molecule has 2 fully saturated rings. The number of rotatable bonds is 5. The summed E-state index contributed by atoms with van der Waals surface area (Å²) >= 11 is 0. The molecule has 1 aromatic carbocycles. The van der Waals surface area contributed by atoms with Crippen molar-refractivity contribution >= 4 is 17.0 Å². The zero-order chi connectivity index (χ0) is 19.7. The minimum absolute atomic E-state index is 0.00408. The van der Waals surface area contributed by atoms with E-state index in [9.17, 15) is 4.79 Å². The number of carbonyl (C=O) groups excluding carboxylic acids is 1. The van der Waals surface area contributed by atoms with Crippen molar-refractivity contribution in [1.29, 1.82) is 0 Å². The molecule has 4 rings (SSSR count). The minimum atomic E-state index is -0.208. The number of carbonyl (C=O) groups is 1. The predicted octanol–water partition coefficient (Wildman–Crippen LogP) is 4.08. The first-order valence-electron chi connectivity index (χ1n) is 10.3. The van der Waals surface area contributed by atoms with Gasteiger partial charge in [-0.2, -0.15) is 0 Å². The second-order valence-corrected chi connectivity index (χ2v) is 8.00. The molecule has 2 aromatic rings. The van der Waals surface area contributed by atoms with E-state index in [4.69, 9.17) is 13.9 Å². The third kappa shape index (κ3) is 3.29. The van der Waals surface area contributed by atoms with E-state index in [1.807, 2.05) is 45.0 Å². The van der Waals surface area contributed by atoms with Crippen LogP contribution < -0.4 is 10.6 Å². The van der Waals surface area contributed by atoms with Crippen molar-refractivity contribution < 1.29 is 18.7 Å². The SMILES string of the molecule is CCOC1CC(NC(=O)N[C@@H](C)c2oc3ccccc3c2C)C12CCOCC2. The van der Waals surface area contributed by atoms with Crippen LogP contribution in [-0.2, 0) is 9.47 Å². The number of hydrogen-bond acceptors (Lipinski definition) is 4. The number of para-hydroxylation sites is 1. The third-order valence-electron chi connectivity index (χ3n) is 6.50. The summed E-state index contributed by atoms with van der Waals surface area (Å²) < 4.78 is 17.5. The van der Waals surface area contributed by atoms with Gasteiger partial charge < -0.3 is 24.5 Å². The summed E-state index contributed by atoms with van der Waals surface area (Å²) in [6, 6.07) is 7.71. The highest BCUT2D eigenvalue weighted by atomic mass is 16.5. The van der Waals surface area contributed by atoms with Gasteiger partial charge in [-0.1, -0.05) is 18.2 Å². The van der Waals surface area contributed by atoms with E-state index < -0.39 is 0 Å². The van der Waals surface area contributed by atoms with Crippen LogP contribution in [0.5, 0.6) is 0 Å². The van der Waals surface area contributed by atoms with Crippen LogP contribution in [0.3, 0.4) is 0 Å². The van der Waals surface area contributed by atoms with E-state index in [1.165, 1.54) is 0 Å². The van der Waals surface area contributed by atoms with Crippen LogP contribution >= 0.6 is 0 Å². The lowest BCUT2D eigenvalue weighted by atomic mass is 9.57. The molecule has 2 amide bonds. The number of hydrogen-bond donors (Lipinski definition) is 2. The normalized spacial score (nSPS) is 24.7. The summed E-state index contributed by atoms with van der Waals surface area (Å²) in [5, 5.41) is 7.33. The molecule has 0 radical (unpaired) electrons. The van der Waals surface area contributed by atoms with Gasteiger partial charge in [0.15, 0.2) is 0 Å². The van der Waals surface area contributed by atoms with Gasteiger partial charge in [-0.05, 0) is 46.1 Å². The monoisotopic (exact) mass is 386 g/mol. The number of aryl methyl sites for hydroxylation is 1. The van der Waals surface area contributed by atoms with Gasteiger partial charge >= 0.3 is 6.03 Å². The van der Waals surface area contributed by atoms with E-state index in [0.29, 0.717) is 6.61 Å². The van der Waals surface area contributed by atoms with Crippen LogP contribution in [0.1, 0.15) is 50.5 Å². The minimum Gasteiger partial charge on any atom is -0.459 e. The highest BCUT2D eigenvalue weighted by Crippen LogP contribution is 2.50. The Hall–Kier alpha value is -2.05. The lowest BCUT2D eigenvalue weighted by Crippen LogP contribution is -2.67. The topological polar surface area (TPSA) is 72.7 Å². The van der Waals surface area contributed by atoms with Crippen LogP contribution in [0.2, 0.25) is 0 Å². The zero-order valence-electron chi connectivity index (χ0n) is 16.9. The number of amides is 2. The van der Waals surface area contributed by atoms with Crippen LogP contribution in [0, 0.1) is 12.3 Å². The molecular weight excluding hydrogens is 356 g/mol. The molecule has 2 aliphatic rings. The number of ether oxygens (including phenoxy) is 2. The molecule has 28 heavy (non-hydrogen) atoms. The number of benzene rings is 1. The summed E-state index contributed by atoms with van der Waals surface area (Å²) in [5.41, 5.74) is 1.93. The van der Waals surface area contributed by atoms with Crippen molar-refractivity contribution in [3.05, 3.63) is 35.6 Å². The van der Waals surface area contributed by atoms with Crippen LogP contribution in [0.4, 0.5) is 4.79 Å². The van der Waals surface area contributed by atoms with E-state index >= 15 is 0 Å². The van der Waals surface area contributed by atoms with Gasteiger partial charge in [-0.25, -0.2) is 4.79 Å². The van der Waals surface area contributed by atoms with Gasteiger partial charge in [0.25, 0.3) is 0 Å². The molecule has 3 atom stereocenters. The lowest BCUT2D eigenvalue weighted by molar-refractivity contribution is -0.169. The Morgan fingerprint density at radius 3 is 2.79 bits per heavy atom. The average Bonchev–Trinajstić information content (AvgIpc) is 3.05. The highest BCUT2D eigenvalue weighted by Gasteiger charge is 2.56. The molecule has 2 heterocycles. The van der Waals surface area contributed by atoms with E-state index in [1.54, 1.807) is 0 Å². The van der Waals surface area contributed by atoms with Crippen molar-refractivity contribution in [3.63, 3.8) is 0 Å². The van der Waals surface area contributed by atoms with Crippen molar-refractivity contribution in [2.75, 3.05) is 19.8 Å². The summed E-state index contributed by atoms with van der Waals surface area (Å²) in [5.74, 6) is 0.804. The van der Waals surface area contributed by atoms with Crippen molar-refractivity contribution in [2.45, 2.75) is 58.2 Å². The first kappa shape index (κ1) is 19.3. The van der Waals surface area contributed by atoms with Gasteiger partial charge in [0, 0.05) is 42.2 Å². The van der Waals surface area contributed by atoms with E-state index in [0.717, 1.165) is 54.8 Å². The molecule has 0 bridgehead atoms. The molecule has 1 saturated carbocycles. The number of urea groups is 1. The number of fused-ring (bicyclic) bond motifs is 1. The van der Waals surface area contributed by atoms with Crippen molar-refractivity contribution in [1.82, 2.24) is 10.6 Å². The second-order valence-electron chi connectivity index (χ2n) is 8.00. The quantitative estimate of drug-likeness (QED) is 0.812. The van der Waals surface area contributed by atoms with Crippen LogP contribution in [0.15, 0.2) is 28.7 Å². The maximum absolute atomic E-state index is 12.7. The maximum atomic E-state index is 12.7. The molecule has 6 heteroatoms. The molecular formula is C22H30N2O4. The first-order chi connectivity index (χ1) is 13.5. The Morgan fingerprint density at radius 1 is 1.32 bits per heavy atom. The summed E-state index contributed by atoms with van der Waals surface area (Å²) in [6.07, 6.45) is 2.93. The van der Waals surface area contributed by atoms with Gasteiger partial charge in [0.1, 0.15) is 11.3 Å². The van der Waals surface area contributed by atoms with Crippen LogP contribution in [-0.4, -0.2) is 38.0 Å². The van der Waals surface area contributed by atoms with Crippen LogP contribution in [0.25, 0.3) is 11.0 Å². The Balaban J connectivity index is 1.41. The Bertz CT molecular complexity index is 840. The summed E-state index contributed by atoms with van der Waals surface area (Å²) in [7, 11) is 0. The molecule has 2 N–H and O–H groups in total. The largest absolute Gasteiger partial charge is 0.459 e. The average molecular weight is 386 g/mol. The molecule has 6 nitrogen and oxygen atoms in total. The first-order valence-corrected chi connectivity index (χ1v) is 10.3. The molecule has 1 saturated heterocycles. The third-order valence-corrected chi connectivity index (χ3v) is 6.50. The Labute approximate surface area is 165 Å². The molecule has 1 aliphatic heterocycles. The Kier molecular flexibility index (Phi) is 5.34. The molecule has 1 aromatic heterocycles. The predicted molar refractivity (Wildman–Crippen MR) is 107 cm³/mol. The standard InChI is InChI=1S/C22H30N2O4/c1-4-27-19-13-18(22(19)9-11-26-12-10-22)24-21(25)23-15(3)20-14(2)16-7-5-6-8-17(16)28-20/h5-8,15,18-19H,4,9-13H2,1-3H3,(H2,23,24,25)/t15-,18?,19?/m0/s1. The highest BCUT2D eigenvalue weighted by molar-refractivity contribution is 5.82. The lowest BCUT2D eigenvalue weighted by Gasteiger charge is -2.57. The zero-order valence-corrected chi connectivity index (χ0v) is 16.9. The molecule has 2 unspecified atom stereocenters. The summed E-state index contributed by atoms with van der Waals surface area (Å²) in [4.78, 5) is 12.7.